The van der Waals surface area contributed by atoms with Crippen molar-refractivity contribution in [1.82, 2.24) is 4.90 Å². The van der Waals surface area contributed by atoms with Crippen LogP contribution in [0.5, 0.6) is 0 Å². The maximum Gasteiger partial charge on any atom is 0.0477 e. The molecule has 2 nitrogen and oxygen atoms in total. The highest BCUT2D eigenvalue weighted by molar-refractivity contribution is 4.66. The van der Waals surface area contributed by atoms with Crippen LogP contribution >= 0.6 is 0 Å². The van der Waals surface area contributed by atoms with Gasteiger partial charge >= 0.3 is 0 Å². The van der Waals surface area contributed by atoms with E-state index in [1.807, 2.05) is 0 Å². The zero-order valence-corrected chi connectivity index (χ0v) is 8.97. The van der Waals surface area contributed by atoms with Crippen molar-refractivity contribution < 1.29 is 4.74 Å². The van der Waals surface area contributed by atoms with Gasteiger partial charge in [-0.2, -0.15) is 0 Å². The molecule has 0 N–H and O–H groups in total. The molecule has 0 fully saturated rings. The summed E-state index contributed by atoms with van der Waals surface area (Å²) < 4.78 is 5.08. The SMILES string of the molecule is CCCN(C)C(CC)CCOC. The Kier molecular flexibility index (Phi) is 7.51. The minimum absolute atomic E-state index is 0.699. The van der Waals surface area contributed by atoms with Crippen molar-refractivity contribution in [3.05, 3.63) is 0 Å². The first kappa shape index (κ1) is 11.9. The van der Waals surface area contributed by atoms with E-state index in [0.29, 0.717) is 6.04 Å². The van der Waals surface area contributed by atoms with E-state index in [2.05, 4.69) is 25.8 Å². The van der Waals surface area contributed by atoms with Crippen LogP contribution in [0.3, 0.4) is 0 Å². The fraction of sp³-hybridized carbons (Fsp3) is 1.00. The van der Waals surface area contributed by atoms with E-state index < -0.39 is 0 Å². The minimum atomic E-state index is 0.699. The Balaban J connectivity index is 3.62. The summed E-state index contributed by atoms with van der Waals surface area (Å²) in [6.07, 6.45) is 3.61. The Hall–Kier alpha value is -0.0800. The first-order valence-corrected chi connectivity index (χ1v) is 4.95. The molecule has 0 saturated heterocycles. The highest BCUT2D eigenvalue weighted by atomic mass is 16.5. The molecule has 0 aliphatic heterocycles. The summed E-state index contributed by atoms with van der Waals surface area (Å²) in [5.74, 6) is 0. The van der Waals surface area contributed by atoms with Crippen LogP contribution in [0.25, 0.3) is 0 Å². The van der Waals surface area contributed by atoms with E-state index in [1.54, 1.807) is 7.11 Å². The summed E-state index contributed by atoms with van der Waals surface area (Å²) in [6.45, 7) is 6.54. The van der Waals surface area contributed by atoms with Gasteiger partial charge in [-0.1, -0.05) is 13.8 Å². The molecule has 0 heterocycles. The largest absolute Gasteiger partial charge is 0.385 e. The van der Waals surface area contributed by atoms with Gasteiger partial charge in [-0.25, -0.2) is 0 Å². The number of methoxy groups -OCH3 is 1. The number of hydrogen-bond donors (Lipinski definition) is 0. The molecule has 0 rings (SSSR count). The average Bonchev–Trinajstić information content (AvgIpc) is 2.06. The molecule has 0 aromatic carbocycles. The topological polar surface area (TPSA) is 12.5 Å². The first-order chi connectivity index (χ1) is 5.76. The zero-order chi connectivity index (χ0) is 9.40. The molecule has 2 heteroatoms. The zero-order valence-electron chi connectivity index (χ0n) is 8.97. The van der Waals surface area contributed by atoms with Gasteiger partial charge in [0.25, 0.3) is 0 Å². The molecule has 0 aromatic heterocycles. The number of nitrogens with zero attached hydrogens (tertiary/aromatic N) is 1. The standard InChI is InChI=1S/C10H23NO/c1-5-8-11(3)10(6-2)7-9-12-4/h10H,5-9H2,1-4H3. The van der Waals surface area contributed by atoms with Crippen molar-refractivity contribution in [3.8, 4) is 0 Å². The fourth-order valence-corrected chi connectivity index (χ4v) is 1.53. The van der Waals surface area contributed by atoms with Crippen molar-refractivity contribution in [1.29, 1.82) is 0 Å². The Morgan fingerprint density at radius 2 is 2.00 bits per heavy atom. The molecule has 0 aromatic rings. The van der Waals surface area contributed by atoms with Crippen molar-refractivity contribution in [2.24, 2.45) is 0 Å². The Morgan fingerprint density at radius 3 is 2.42 bits per heavy atom. The number of hydrogen-bond acceptors (Lipinski definition) is 2. The molecule has 12 heavy (non-hydrogen) atoms. The van der Waals surface area contributed by atoms with Crippen LogP contribution in [-0.2, 0) is 4.74 Å². The van der Waals surface area contributed by atoms with Gasteiger partial charge in [0.1, 0.15) is 0 Å². The van der Waals surface area contributed by atoms with E-state index in [0.717, 1.165) is 13.0 Å². The lowest BCUT2D eigenvalue weighted by molar-refractivity contribution is 0.144. The van der Waals surface area contributed by atoms with E-state index in [4.69, 9.17) is 4.74 Å². The van der Waals surface area contributed by atoms with Crippen LogP contribution in [0.1, 0.15) is 33.1 Å². The maximum atomic E-state index is 5.08. The third kappa shape index (κ3) is 4.73. The van der Waals surface area contributed by atoms with Gasteiger partial charge in [0, 0.05) is 19.8 Å². The lowest BCUT2D eigenvalue weighted by Gasteiger charge is -2.26. The molecule has 0 aliphatic rings. The quantitative estimate of drug-likeness (QED) is 0.585. The molecule has 0 saturated carbocycles. The van der Waals surface area contributed by atoms with Crippen molar-refractivity contribution >= 4 is 0 Å². The fourth-order valence-electron chi connectivity index (χ4n) is 1.53. The van der Waals surface area contributed by atoms with Crippen LogP contribution in [0.15, 0.2) is 0 Å². The molecular formula is C10H23NO. The van der Waals surface area contributed by atoms with Crippen LogP contribution in [-0.4, -0.2) is 38.3 Å². The molecule has 0 spiro atoms. The molecule has 0 bridgehead atoms. The lowest BCUT2D eigenvalue weighted by Crippen LogP contribution is -2.32. The smallest absolute Gasteiger partial charge is 0.0477 e. The monoisotopic (exact) mass is 173 g/mol. The summed E-state index contributed by atoms with van der Waals surface area (Å²) in [6, 6.07) is 0.699. The van der Waals surface area contributed by atoms with Gasteiger partial charge in [-0.3, -0.25) is 0 Å². The second-order valence-corrected chi connectivity index (χ2v) is 3.32. The van der Waals surface area contributed by atoms with Gasteiger partial charge in [-0.05, 0) is 32.9 Å². The third-order valence-electron chi connectivity index (χ3n) is 2.33. The number of ether oxygens (including phenoxy) is 1. The Labute approximate surface area is 76.9 Å². The van der Waals surface area contributed by atoms with Gasteiger partial charge in [0.05, 0.1) is 0 Å². The van der Waals surface area contributed by atoms with E-state index in [1.165, 1.54) is 19.4 Å². The summed E-state index contributed by atoms with van der Waals surface area (Å²) >= 11 is 0. The van der Waals surface area contributed by atoms with Crippen LogP contribution in [0, 0.1) is 0 Å². The van der Waals surface area contributed by atoms with Crippen molar-refractivity contribution in [2.75, 3.05) is 27.3 Å². The highest BCUT2D eigenvalue weighted by Crippen LogP contribution is 2.06. The molecule has 74 valence electrons. The minimum Gasteiger partial charge on any atom is -0.385 e. The molecular weight excluding hydrogens is 150 g/mol. The van der Waals surface area contributed by atoms with Gasteiger partial charge in [-0.15, -0.1) is 0 Å². The summed E-state index contributed by atoms with van der Waals surface area (Å²) in [7, 11) is 3.97. The molecule has 0 radical (unpaired) electrons. The first-order valence-electron chi connectivity index (χ1n) is 4.95. The molecule has 0 aliphatic carbocycles. The van der Waals surface area contributed by atoms with E-state index in [9.17, 15) is 0 Å². The van der Waals surface area contributed by atoms with Gasteiger partial charge in [0.15, 0.2) is 0 Å². The van der Waals surface area contributed by atoms with Crippen molar-refractivity contribution in [2.45, 2.75) is 39.2 Å². The highest BCUT2D eigenvalue weighted by Gasteiger charge is 2.10. The molecule has 1 atom stereocenters. The average molecular weight is 173 g/mol. The third-order valence-corrected chi connectivity index (χ3v) is 2.33. The van der Waals surface area contributed by atoms with Gasteiger partial charge in [0.2, 0.25) is 0 Å². The molecule has 0 amide bonds. The normalized spacial score (nSPS) is 13.8. The predicted molar refractivity (Wildman–Crippen MR) is 53.5 cm³/mol. The van der Waals surface area contributed by atoms with Crippen LogP contribution in [0.4, 0.5) is 0 Å². The van der Waals surface area contributed by atoms with E-state index >= 15 is 0 Å². The Morgan fingerprint density at radius 1 is 1.33 bits per heavy atom. The summed E-state index contributed by atoms with van der Waals surface area (Å²) in [5.41, 5.74) is 0. The predicted octanol–water partition coefficient (Wildman–Crippen LogP) is 2.14. The summed E-state index contributed by atoms with van der Waals surface area (Å²) in [5, 5.41) is 0. The second kappa shape index (κ2) is 7.56. The lowest BCUT2D eigenvalue weighted by atomic mass is 10.1. The van der Waals surface area contributed by atoms with E-state index in [-0.39, 0.29) is 0 Å². The second-order valence-electron chi connectivity index (χ2n) is 3.32. The van der Waals surface area contributed by atoms with Crippen LogP contribution < -0.4 is 0 Å². The molecule has 1 unspecified atom stereocenters. The summed E-state index contributed by atoms with van der Waals surface area (Å²) in [4.78, 5) is 2.43. The Bertz CT molecular complexity index is 95.8. The van der Waals surface area contributed by atoms with Gasteiger partial charge < -0.3 is 9.64 Å². The van der Waals surface area contributed by atoms with Crippen LogP contribution in [0.2, 0.25) is 0 Å². The maximum absolute atomic E-state index is 5.08. The number of rotatable bonds is 7. The van der Waals surface area contributed by atoms with Crippen molar-refractivity contribution in [3.63, 3.8) is 0 Å².